The van der Waals surface area contributed by atoms with Crippen molar-refractivity contribution in [1.82, 2.24) is 0 Å². The molecule has 0 aliphatic heterocycles. The van der Waals surface area contributed by atoms with Gasteiger partial charge in [-0.25, -0.2) is 0 Å². The van der Waals surface area contributed by atoms with Gasteiger partial charge in [0.2, 0.25) is 0 Å². The first kappa shape index (κ1) is 16.2. The van der Waals surface area contributed by atoms with Crippen LogP contribution in [0.2, 0.25) is 5.02 Å². The number of benzene rings is 2. The Kier molecular flexibility index (Phi) is 5.57. The third-order valence-electron chi connectivity index (χ3n) is 3.28. The molecule has 2 rings (SSSR count). The number of hydrogen-bond donors (Lipinski definition) is 1. The minimum atomic E-state index is -0.990. The molecule has 0 aliphatic rings. The van der Waals surface area contributed by atoms with Crippen LogP contribution in [0.15, 0.2) is 42.5 Å². The highest BCUT2D eigenvalue weighted by Crippen LogP contribution is 2.18. The third kappa shape index (κ3) is 4.95. The Balaban J connectivity index is 2.00. The molecule has 0 heterocycles. The molecule has 0 radical (unpaired) electrons. The zero-order valence-corrected chi connectivity index (χ0v) is 13.9. The van der Waals surface area contributed by atoms with Gasteiger partial charge < -0.3 is 5.73 Å². The fourth-order valence-corrected chi connectivity index (χ4v) is 3.75. The van der Waals surface area contributed by atoms with Gasteiger partial charge in [0.05, 0.1) is 0 Å². The van der Waals surface area contributed by atoms with E-state index in [2.05, 4.69) is 18.2 Å². The maximum absolute atomic E-state index is 12.2. The van der Waals surface area contributed by atoms with Gasteiger partial charge in [0.15, 0.2) is 0 Å². The van der Waals surface area contributed by atoms with Crippen molar-refractivity contribution < 1.29 is 4.21 Å². The summed E-state index contributed by atoms with van der Waals surface area (Å²) in [6, 6.07) is 13.5. The van der Waals surface area contributed by atoms with Gasteiger partial charge in [-0.2, -0.15) is 0 Å². The maximum atomic E-state index is 12.2. The first-order valence-corrected chi connectivity index (χ1v) is 8.74. The molecule has 0 spiro atoms. The second-order valence-corrected chi connectivity index (χ2v) is 7.34. The maximum Gasteiger partial charge on any atom is 0.0486 e. The van der Waals surface area contributed by atoms with Crippen molar-refractivity contribution in [3.63, 3.8) is 0 Å². The molecule has 2 N–H and O–H groups in total. The van der Waals surface area contributed by atoms with E-state index in [9.17, 15) is 4.21 Å². The van der Waals surface area contributed by atoms with Crippen molar-refractivity contribution in [3.05, 3.63) is 69.7 Å². The number of aryl methyl sites for hydroxylation is 2. The van der Waals surface area contributed by atoms with E-state index >= 15 is 0 Å². The summed E-state index contributed by atoms with van der Waals surface area (Å²) in [4.78, 5) is 0. The highest BCUT2D eigenvalue weighted by molar-refractivity contribution is 7.84. The number of halogens is 1. The first-order valence-electron chi connectivity index (χ1n) is 6.87. The van der Waals surface area contributed by atoms with Gasteiger partial charge in [0, 0.05) is 33.4 Å². The van der Waals surface area contributed by atoms with E-state index in [1.807, 2.05) is 38.1 Å². The Hall–Kier alpha value is -1.16. The van der Waals surface area contributed by atoms with Gasteiger partial charge in [-0.05, 0) is 37.1 Å². The topological polar surface area (TPSA) is 43.1 Å². The van der Waals surface area contributed by atoms with Crippen molar-refractivity contribution in [2.45, 2.75) is 25.6 Å². The van der Waals surface area contributed by atoms with E-state index < -0.39 is 10.8 Å². The van der Waals surface area contributed by atoms with Crippen LogP contribution >= 0.6 is 11.6 Å². The summed E-state index contributed by atoms with van der Waals surface area (Å²) < 4.78 is 12.2. The van der Waals surface area contributed by atoms with Crippen LogP contribution in [-0.4, -0.2) is 9.96 Å². The number of rotatable bonds is 5. The van der Waals surface area contributed by atoms with Crippen LogP contribution in [0.4, 0.5) is 0 Å². The molecular formula is C17H20ClNOS. The van der Waals surface area contributed by atoms with E-state index in [1.165, 1.54) is 11.1 Å². The average Bonchev–Trinajstić information content (AvgIpc) is 2.40. The summed E-state index contributed by atoms with van der Waals surface area (Å²) in [6.45, 7) is 4.10. The normalized spacial score (nSPS) is 13.9. The fourth-order valence-electron chi connectivity index (χ4n) is 2.35. The van der Waals surface area contributed by atoms with Crippen LogP contribution in [-0.2, 0) is 16.6 Å². The molecule has 2 aromatic carbocycles. The second kappa shape index (κ2) is 7.21. The summed E-state index contributed by atoms with van der Waals surface area (Å²) in [5.74, 6) is 0.973. The predicted octanol–water partition coefficient (Wildman–Crippen LogP) is 3.91. The molecule has 0 bridgehead atoms. The molecule has 0 saturated heterocycles. The highest BCUT2D eigenvalue weighted by atomic mass is 35.5. The molecule has 2 atom stereocenters. The van der Waals surface area contributed by atoms with Crippen molar-refractivity contribution in [2.24, 2.45) is 5.73 Å². The average molecular weight is 322 g/mol. The highest BCUT2D eigenvalue weighted by Gasteiger charge is 2.12. The Bertz CT molecular complexity index is 619. The summed E-state index contributed by atoms with van der Waals surface area (Å²) in [7, 11) is -0.990. The summed E-state index contributed by atoms with van der Waals surface area (Å²) >= 11 is 5.85. The predicted molar refractivity (Wildman–Crippen MR) is 91.0 cm³/mol. The third-order valence-corrected chi connectivity index (χ3v) is 4.92. The van der Waals surface area contributed by atoms with Crippen LogP contribution in [0.1, 0.15) is 28.3 Å². The minimum Gasteiger partial charge on any atom is -0.323 e. The smallest absolute Gasteiger partial charge is 0.0486 e. The molecule has 0 amide bonds. The van der Waals surface area contributed by atoms with Crippen LogP contribution in [0.5, 0.6) is 0 Å². The Morgan fingerprint density at radius 1 is 1.10 bits per heavy atom. The summed E-state index contributed by atoms with van der Waals surface area (Å²) in [5.41, 5.74) is 10.6. The lowest BCUT2D eigenvalue weighted by molar-refractivity contribution is 0.674. The second-order valence-electron chi connectivity index (χ2n) is 5.40. The van der Waals surface area contributed by atoms with E-state index in [4.69, 9.17) is 17.3 Å². The molecule has 2 nitrogen and oxygen atoms in total. The molecule has 4 heteroatoms. The molecule has 2 aromatic rings. The fraction of sp³-hybridized carbons (Fsp3) is 0.294. The standard InChI is InChI=1S/C17H20ClNOS/c1-12-7-13(2)9-15(8-12)17(19)11-21(20)10-14-3-5-16(18)6-4-14/h3-9,17H,10-11,19H2,1-2H3. The van der Waals surface area contributed by atoms with E-state index in [0.717, 1.165) is 11.1 Å². The van der Waals surface area contributed by atoms with Crippen LogP contribution in [0, 0.1) is 13.8 Å². The molecule has 2 unspecified atom stereocenters. The largest absolute Gasteiger partial charge is 0.323 e. The molecule has 0 saturated carbocycles. The molecular weight excluding hydrogens is 302 g/mol. The SMILES string of the molecule is Cc1cc(C)cc(C(N)CS(=O)Cc2ccc(Cl)cc2)c1. The zero-order valence-electron chi connectivity index (χ0n) is 12.3. The summed E-state index contributed by atoms with van der Waals surface area (Å²) in [5, 5.41) is 0.691. The summed E-state index contributed by atoms with van der Waals surface area (Å²) in [6.07, 6.45) is 0. The van der Waals surface area contributed by atoms with Crippen LogP contribution in [0.3, 0.4) is 0 Å². The monoisotopic (exact) mass is 321 g/mol. The van der Waals surface area contributed by atoms with Crippen molar-refractivity contribution in [2.75, 3.05) is 5.75 Å². The van der Waals surface area contributed by atoms with Gasteiger partial charge in [0.1, 0.15) is 0 Å². The Morgan fingerprint density at radius 2 is 1.67 bits per heavy atom. The first-order chi connectivity index (χ1) is 9.94. The van der Waals surface area contributed by atoms with Crippen molar-refractivity contribution in [1.29, 1.82) is 0 Å². The molecule has 0 aliphatic carbocycles. The van der Waals surface area contributed by atoms with Gasteiger partial charge in [-0.1, -0.05) is 53.1 Å². The van der Waals surface area contributed by atoms with Crippen LogP contribution in [0.25, 0.3) is 0 Å². The molecule has 21 heavy (non-hydrogen) atoms. The van der Waals surface area contributed by atoms with E-state index in [0.29, 0.717) is 16.5 Å². The Labute approximate surface area is 133 Å². The Morgan fingerprint density at radius 3 is 2.24 bits per heavy atom. The van der Waals surface area contributed by atoms with Crippen LogP contribution < -0.4 is 5.73 Å². The lowest BCUT2D eigenvalue weighted by Gasteiger charge is -2.13. The minimum absolute atomic E-state index is 0.197. The van der Waals surface area contributed by atoms with Crippen molar-refractivity contribution in [3.8, 4) is 0 Å². The zero-order chi connectivity index (χ0) is 15.4. The lowest BCUT2D eigenvalue weighted by atomic mass is 10.0. The van der Waals surface area contributed by atoms with Gasteiger partial charge in [-0.3, -0.25) is 4.21 Å². The molecule has 0 fully saturated rings. The van der Waals surface area contributed by atoms with Gasteiger partial charge in [0.25, 0.3) is 0 Å². The number of hydrogen-bond acceptors (Lipinski definition) is 2. The quantitative estimate of drug-likeness (QED) is 0.907. The van der Waals surface area contributed by atoms with Gasteiger partial charge >= 0.3 is 0 Å². The lowest BCUT2D eigenvalue weighted by Crippen LogP contribution is -2.19. The van der Waals surface area contributed by atoms with Gasteiger partial charge in [-0.15, -0.1) is 0 Å². The van der Waals surface area contributed by atoms with E-state index in [1.54, 1.807) is 0 Å². The van der Waals surface area contributed by atoms with E-state index in [-0.39, 0.29) is 6.04 Å². The molecule has 112 valence electrons. The van der Waals surface area contributed by atoms with Crippen molar-refractivity contribution >= 4 is 22.4 Å². The molecule has 0 aromatic heterocycles. The number of nitrogens with two attached hydrogens (primary N) is 1.